The smallest absolute Gasteiger partial charge is 0.252 e. The fourth-order valence-corrected chi connectivity index (χ4v) is 4.33. The summed E-state index contributed by atoms with van der Waals surface area (Å²) in [6.45, 7) is 7.70. The number of carbonyl (C=O) groups is 4. The first-order valence-corrected chi connectivity index (χ1v) is 11.7. The van der Waals surface area contributed by atoms with Crippen LogP contribution in [0.25, 0.3) is 0 Å². The molecule has 3 N–H and O–H groups in total. The minimum Gasteiger partial charge on any atom is -0.345 e. The predicted molar refractivity (Wildman–Crippen MR) is 124 cm³/mol. The zero-order valence-electron chi connectivity index (χ0n) is 20.8. The number of nitrogens with one attached hydrogen (secondary N) is 3. The van der Waals surface area contributed by atoms with E-state index in [4.69, 9.17) is 23.7 Å². The van der Waals surface area contributed by atoms with Crippen molar-refractivity contribution in [1.82, 2.24) is 10.6 Å². The van der Waals surface area contributed by atoms with Gasteiger partial charge in [0, 0.05) is 11.3 Å². The number of anilines is 1. The molecule has 4 rings (SSSR count). The fourth-order valence-electron chi connectivity index (χ4n) is 4.33. The average Bonchev–Trinajstić information content (AvgIpc) is 3.29. The zero-order valence-corrected chi connectivity index (χ0v) is 20.8. The van der Waals surface area contributed by atoms with Gasteiger partial charge in [0.15, 0.2) is 29.8 Å². The molecule has 3 heterocycles. The van der Waals surface area contributed by atoms with Crippen molar-refractivity contribution in [3.05, 3.63) is 29.8 Å². The van der Waals surface area contributed by atoms with Gasteiger partial charge in [0.25, 0.3) is 5.91 Å². The number of hydrogen-bond donors (Lipinski definition) is 3. The van der Waals surface area contributed by atoms with Crippen LogP contribution >= 0.6 is 0 Å². The highest BCUT2D eigenvalue weighted by Crippen LogP contribution is 2.44. The fraction of sp³-hybridized carbons (Fsp3) is 0.583. The number of hydrogen-bond acceptors (Lipinski definition) is 9. The Bertz CT molecular complexity index is 1040. The third kappa shape index (κ3) is 5.90. The van der Waals surface area contributed by atoms with Crippen LogP contribution in [-0.2, 0) is 38.1 Å². The molecule has 12 heteroatoms. The van der Waals surface area contributed by atoms with Crippen LogP contribution in [0, 0.1) is 0 Å². The van der Waals surface area contributed by atoms with Gasteiger partial charge in [0.1, 0.15) is 18.3 Å². The first kappa shape index (κ1) is 26.2. The van der Waals surface area contributed by atoms with Gasteiger partial charge in [-0.2, -0.15) is 0 Å². The first-order valence-electron chi connectivity index (χ1n) is 11.7. The molecular formula is C24H31N3O9. The second kappa shape index (κ2) is 9.87. The summed E-state index contributed by atoms with van der Waals surface area (Å²) in [5.74, 6) is -3.57. The number of benzene rings is 1. The van der Waals surface area contributed by atoms with Crippen molar-refractivity contribution in [2.75, 3.05) is 18.4 Å². The second-order valence-electron chi connectivity index (χ2n) is 9.77. The molecular weight excluding hydrogens is 474 g/mol. The van der Waals surface area contributed by atoms with Gasteiger partial charge in [-0.15, -0.1) is 0 Å². The molecule has 5 atom stereocenters. The van der Waals surface area contributed by atoms with Gasteiger partial charge in [-0.25, -0.2) is 0 Å². The molecule has 0 radical (unpaired) electrons. The predicted octanol–water partition coefficient (Wildman–Crippen LogP) is 0.457. The van der Waals surface area contributed by atoms with Gasteiger partial charge in [0.2, 0.25) is 11.8 Å². The maximum Gasteiger partial charge on any atom is 0.252 e. The lowest BCUT2D eigenvalue weighted by atomic mass is 9.98. The van der Waals surface area contributed by atoms with Gasteiger partial charge in [-0.1, -0.05) is 0 Å². The first-order chi connectivity index (χ1) is 16.8. The molecule has 0 aliphatic carbocycles. The lowest BCUT2D eigenvalue weighted by Gasteiger charge is -2.36. The van der Waals surface area contributed by atoms with Crippen molar-refractivity contribution in [3.8, 4) is 0 Å². The quantitative estimate of drug-likeness (QED) is 0.449. The SMILES string of the molecule is CC(=O)c1ccc(NC(=O)CNC(=O)CNC(=O)[C@@H]2O[C@@H]3OC(C)(C)O[C@@H]3[C@H]3OC(C)(C)O[C@H]32)cc1. The molecule has 1 aromatic rings. The van der Waals surface area contributed by atoms with E-state index >= 15 is 0 Å². The van der Waals surface area contributed by atoms with Gasteiger partial charge in [-0.3, -0.25) is 19.2 Å². The Morgan fingerprint density at radius 2 is 1.36 bits per heavy atom. The Morgan fingerprint density at radius 1 is 0.778 bits per heavy atom. The number of rotatable bonds is 7. The highest BCUT2D eigenvalue weighted by Gasteiger charge is 2.62. The van der Waals surface area contributed by atoms with E-state index in [1.165, 1.54) is 6.92 Å². The molecule has 3 aliphatic rings. The standard InChI is InChI=1S/C24H31N3O9/c1-12(28)13-6-8-14(9-7-13)27-16(30)11-25-15(29)10-26-21(31)19-17-18(34-23(2,3)33-17)20-22(32-19)36-24(4,5)35-20/h6-9,17-20,22H,10-11H2,1-5H3,(H,25,29)(H,26,31)(H,27,30)/t17-,18+,19-,20-,22-/m1/s1. The number of carbonyl (C=O) groups excluding carboxylic acids is 4. The molecule has 3 fully saturated rings. The summed E-state index contributed by atoms with van der Waals surface area (Å²) in [5, 5.41) is 7.56. The molecule has 0 unspecified atom stereocenters. The zero-order chi connectivity index (χ0) is 26.3. The highest BCUT2D eigenvalue weighted by molar-refractivity contribution is 5.97. The normalized spacial score (nSPS) is 29.5. The molecule has 0 aromatic heterocycles. The summed E-state index contributed by atoms with van der Waals surface area (Å²) >= 11 is 0. The van der Waals surface area contributed by atoms with Gasteiger partial charge < -0.3 is 39.6 Å². The van der Waals surface area contributed by atoms with Crippen molar-refractivity contribution in [2.45, 2.75) is 76.9 Å². The van der Waals surface area contributed by atoms with E-state index in [0.717, 1.165) is 0 Å². The van der Waals surface area contributed by atoms with Gasteiger partial charge in [-0.05, 0) is 58.9 Å². The molecule has 196 valence electrons. The van der Waals surface area contributed by atoms with Crippen LogP contribution in [0.15, 0.2) is 24.3 Å². The van der Waals surface area contributed by atoms with E-state index in [9.17, 15) is 19.2 Å². The van der Waals surface area contributed by atoms with Crippen molar-refractivity contribution >= 4 is 29.2 Å². The molecule has 3 aliphatic heterocycles. The number of fused-ring (bicyclic) bond motifs is 3. The number of amides is 3. The van der Waals surface area contributed by atoms with E-state index in [-0.39, 0.29) is 18.9 Å². The van der Waals surface area contributed by atoms with Crippen molar-refractivity contribution < 1.29 is 42.9 Å². The molecule has 1 aromatic carbocycles. The topological polar surface area (TPSA) is 151 Å². The van der Waals surface area contributed by atoms with Crippen LogP contribution in [0.3, 0.4) is 0 Å². The third-order valence-electron chi connectivity index (χ3n) is 5.86. The molecule has 0 saturated carbocycles. The Labute approximate surface area is 208 Å². The number of Topliss-reactive ketones (excluding diaryl/α,β-unsaturated/α-hetero) is 1. The maximum absolute atomic E-state index is 12.9. The van der Waals surface area contributed by atoms with Crippen molar-refractivity contribution in [2.24, 2.45) is 0 Å². The number of ketones is 1. The van der Waals surface area contributed by atoms with Crippen LogP contribution in [0.5, 0.6) is 0 Å². The Balaban J connectivity index is 1.27. The highest BCUT2D eigenvalue weighted by atomic mass is 16.9. The Morgan fingerprint density at radius 3 is 2.03 bits per heavy atom. The van der Waals surface area contributed by atoms with E-state index in [0.29, 0.717) is 11.3 Å². The van der Waals surface area contributed by atoms with Gasteiger partial charge >= 0.3 is 0 Å². The Hall–Kier alpha value is -2.90. The van der Waals surface area contributed by atoms with E-state index in [2.05, 4.69) is 16.0 Å². The summed E-state index contributed by atoms with van der Waals surface area (Å²) < 4.78 is 29.4. The lowest BCUT2D eigenvalue weighted by molar-refractivity contribution is -0.231. The Kier molecular flexibility index (Phi) is 7.17. The summed E-state index contributed by atoms with van der Waals surface area (Å²) in [6.07, 6.45) is -3.86. The molecule has 3 saturated heterocycles. The molecule has 36 heavy (non-hydrogen) atoms. The summed E-state index contributed by atoms with van der Waals surface area (Å²) in [5.41, 5.74) is 1.01. The maximum atomic E-state index is 12.9. The average molecular weight is 506 g/mol. The summed E-state index contributed by atoms with van der Waals surface area (Å²) in [4.78, 5) is 48.6. The van der Waals surface area contributed by atoms with E-state index in [1.807, 2.05) is 0 Å². The van der Waals surface area contributed by atoms with Crippen LogP contribution in [0.4, 0.5) is 5.69 Å². The minimum atomic E-state index is -1.09. The van der Waals surface area contributed by atoms with E-state index < -0.39 is 60.0 Å². The molecule has 3 amide bonds. The summed E-state index contributed by atoms with van der Waals surface area (Å²) in [7, 11) is 0. The van der Waals surface area contributed by atoms with E-state index in [1.54, 1.807) is 52.0 Å². The van der Waals surface area contributed by atoms with Crippen molar-refractivity contribution in [3.63, 3.8) is 0 Å². The molecule has 0 bridgehead atoms. The second-order valence-corrected chi connectivity index (χ2v) is 9.77. The minimum absolute atomic E-state index is 0.0835. The molecule has 0 spiro atoms. The van der Waals surface area contributed by atoms with Crippen LogP contribution in [0.1, 0.15) is 45.0 Å². The van der Waals surface area contributed by atoms with Crippen LogP contribution in [-0.4, -0.2) is 78.9 Å². The van der Waals surface area contributed by atoms with Crippen LogP contribution < -0.4 is 16.0 Å². The monoisotopic (exact) mass is 505 g/mol. The largest absolute Gasteiger partial charge is 0.345 e. The summed E-state index contributed by atoms with van der Waals surface area (Å²) in [6, 6.07) is 6.37. The third-order valence-corrected chi connectivity index (χ3v) is 5.86. The van der Waals surface area contributed by atoms with Crippen LogP contribution in [0.2, 0.25) is 0 Å². The number of ether oxygens (including phenoxy) is 5. The van der Waals surface area contributed by atoms with Crippen molar-refractivity contribution in [1.29, 1.82) is 0 Å². The van der Waals surface area contributed by atoms with Gasteiger partial charge in [0.05, 0.1) is 13.1 Å². The lowest BCUT2D eigenvalue weighted by Crippen LogP contribution is -2.60. The molecule has 12 nitrogen and oxygen atoms in total.